The maximum Gasteiger partial charge on any atom is 0.419 e. The average molecular weight is 183 g/mol. The van der Waals surface area contributed by atoms with Crippen molar-refractivity contribution in [3.63, 3.8) is 0 Å². The van der Waals surface area contributed by atoms with Crippen molar-refractivity contribution in [2.24, 2.45) is 0 Å². The summed E-state index contributed by atoms with van der Waals surface area (Å²) >= 11 is 0. The lowest BCUT2D eigenvalue weighted by molar-refractivity contribution is 0.0536. The third-order valence-electron chi connectivity index (χ3n) is 1.21. The van der Waals surface area contributed by atoms with Gasteiger partial charge in [-0.3, -0.25) is 0 Å². The van der Waals surface area contributed by atoms with Crippen LogP contribution in [0, 0.1) is 0 Å². The maximum absolute atomic E-state index is 11.3. The van der Waals surface area contributed by atoms with Crippen LogP contribution in [0.25, 0.3) is 0 Å². The number of hydrogen-bond acceptors (Lipinski definition) is 4. The monoisotopic (exact) mass is 183 g/mol. The first-order valence-electron chi connectivity index (χ1n) is 3.91. The van der Waals surface area contributed by atoms with Crippen LogP contribution in [0.15, 0.2) is 12.5 Å². The molecule has 0 saturated heterocycles. The molecule has 0 aliphatic heterocycles. The number of nitrogens with two attached hydrogens (primary N) is 1. The van der Waals surface area contributed by atoms with Crippen LogP contribution in [0.1, 0.15) is 20.8 Å². The molecule has 0 aromatic carbocycles. The number of ether oxygens (including phenoxy) is 1. The lowest BCUT2D eigenvalue weighted by Gasteiger charge is -2.18. The average Bonchev–Trinajstić information content (AvgIpc) is 2.31. The van der Waals surface area contributed by atoms with Crippen LogP contribution in [0.5, 0.6) is 0 Å². The summed E-state index contributed by atoms with van der Waals surface area (Å²) in [7, 11) is 0. The van der Waals surface area contributed by atoms with Gasteiger partial charge < -0.3 is 10.5 Å². The first-order chi connectivity index (χ1) is 5.88. The zero-order valence-electron chi connectivity index (χ0n) is 7.94. The summed E-state index contributed by atoms with van der Waals surface area (Å²) < 4.78 is 6.27. The van der Waals surface area contributed by atoms with Crippen LogP contribution < -0.4 is 5.73 Å². The summed E-state index contributed by atoms with van der Waals surface area (Å²) in [6, 6.07) is 0. The molecule has 0 radical (unpaired) electrons. The predicted molar refractivity (Wildman–Crippen MR) is 48.3 cm³/mol. The smallest absolute Gasteiger partial charge is 0.419 e. The number of imidazole rings is 1. The van der Waals surface area contributed by atoms with Crippen LogP contribution in [0.4, 0.5) is 10.6 Å². The molecular formula is C8H13N3O2. The largest absolute Gasteiger partial charge is 0.443 e. The number of nitrogens with zero attached hydrogens (tertiary/aromatic N) is 2. The number of carbonyl (C=O) groups is 1. The van der Waals surface area contributed by atoms with E-state index in [9.17, 15) is 4.79 Å². The maximum atomic E-state index is 11.3. The highest BCUT2D eigenvalue weighted by Gasteiger charge is 2.17. The first kappa shape index (κ1) is 9.57. The molecule has 72 valence electrons. The Morgan fingerprint density at radius 3 is 2.62 bits per heavy atom. The van der Waals surface area contributed by atoms with Crippen molar-refractivity contribution < 1.29 is 9.53 Å². The molecule has 0 unspecified atom stereocenters. The van der Waals surface area contributed by atoms with Crippen molar-refractivity contribution >= 4 is 11.9 Å². The summed E-state index contributed by atoms with van der Waals surface area (Å²) in [6.07, 6.45) is 2.26. The lowest BCUT2D eigenvalue weighted by Crippen LogP contribution is -2.26. The van der Waals surface area contributed by atoms with Crippen molar-refractivity contribution in [1.29, 1.82) is 0 Å². The number of aromatic nitrogens is 2. The Kier molecular flexibility index (Phi) is 2.27. The Balaban J connectivity index is 2.70. The summed E-state index contributed by atoms with van der Waals surface area (Å²) in [5.41, 5.74) is 4.84. The molecule has 1 heterocycles. The van der Waals surface area contributed by atoms with Crippen LogP contribution in [-0.4, -0.2) is 21.2 Å². The molecule has 0 saturated carbocycles. The molecule has 0 aliphatic rings. The summed E-state index contributed by atoms with van der Waals surface area (Å²) in [5.74, 6) is 0.297. The second kappa shape index (κ2) is 3.08. The third-order valence-corrected chi connectivity index (χ3v) is 1.21. The summed E-state index contributed by atoms with van der Waals surface area (Å²) in [4.78, 5) is 15.0. The minimum Gasteiger partial charge on any atom is -0.443 e. The number of carbonyl (C=O) groups excluding carboxylic acids is 1. The lowest BCUT2D eigenvalue weighted by atomic mass is 10.2. The molecule has 5 nitrogen and oxygen atoms in total. The Morgan fingerprint density at radius 1 is 1.62 bits per heavy atom. The van der Waals surface area contributed by atoms with Crippen LogP contribution in [0.3, 0.4) is 0 Å². The van der Waals surface area contributed by atoms with Crippen molar-refractivity contribution in [2.45, 2.75) is 26.4 Å². The normalized spacial score (nSPS) is 11.3. The van der Waals surface area contributed by atoms with E-state index in [1.807, 2.05) is 0 Å². The van der Waals surface area contributed by atoms with E-state index in [4.69, 9.17) is 10.5 Å². The van der Waals surface area contributed by atoms with E-state index >= 15 is 0 Å². The SMILES string of the molecule is CC(C)(C)OC(=O)n1cnc(N)c1. The van der Waals surface area contributed by atoms with Crippen molar-refractivity contribution in [1.82, 2.24) is 9.55 Å². The van der Waals surface area contributed by atoms with E-state index in [0.29, 0.717) is 5.82 Å². The van der Waals surface area contributed by atoms with E-state index in [1.165, 1.54) is 17.1 Å². The van der Waals surface area contributed by atoms with Gasteiger partial charge in [0.1, 0.15) is 17.7 Å². The fraction of sp³-hybridized carbons (Fsp3) is 0.500. The third kappa shape index (κ3) is 2.77. The molecule has 0 atom stereocenters. The molecule has 1 aromatic heterocycles. The van der Waals surface area contributed by atoms with E-state index in [2.05, 4.69) is 4.98 Å². The second-order valence-corrected chi connectivity index (χ2v) is 3.69. The standard InChI is InChI=1S/C8H13N3O2/c1-8(2,3)13-7(12)11-4-6(9)10-5-11/h4-5H,9H2,1-3H3. The molecule has 0 fully saturated rings. The van der Waals surface area contributed by atoms with Gasteiger partial charge in [0.15, 0.2) is 0 Å². The number of rotatable bonds is 0. The zero-order chi connectivity index (χ0) is 10.1. The first-order valence-corrected chi connectivity index (χ1v) is 3.91. The van der Waals surface area contributed by atoms with Gasteiger partial charge in [0.2, 0.25) is 0 Å². The van der Waals surface area contributed by atoms with Crippen LogP contribution in [0.2, 0.25) is 0 Å². The van der Waals surface area contributed by atoms with E-state index in [1.54, 1.807) is 20.8 Å². The molecule has 5 heteroatoms. The van der Waals surface area contributed by atoms with E-state index in [0.717, 1.165) is 0 Å². The van der Waals surface area contributed by atoms with E-state index < -0.39 is 11.7 Å². The molecule has 13 heavy (non-hydrogen) atoms. The van der Waals surface area contributed by atoms with Crippen molar-refractivity contribution in [3.05, 3.63) is 12.5 Å². The molecule has 1 aromatic rings. The number of anilines is 1. The minimum atomic E-state index is -0.504. The molecule has 0 amide bonds. The zero-order valence-corrected chi connectivity index (χ0v) is 7.94. The van der Waals surface area contributed by atoms with Gasteiger partial charge >= 0.3 is 6.09 Å². The highest BCUT2D eigenvalue weighted by molar-refractivity contribution is 5.71. The number of nitrogen functional groups attached to an aromatic ring is 1. The van der Waals surface area contributed by atoms with Gasteiger partial charge in [-0.05, 0) is 20.8 Å². The summed E-state index contributed by atoms with van der Waals surface area (Å²) in [5, 5.41) is 0. The Morgan fingerprint density at radius 2 is 2.23 bits per heavy atom. The van der Waals surface area contributed by atoms with E-state index in [-0.39, 0.29) is 0 Å². The van der Waals surface area contributed by atoms with Crippen LogP contribution in [-0.2, 0) is 4.74 Å². The van der Waals surface area contributed by atoms with Gasteiger partial charge in [0, 0.05) is 0 Å². The van der Waals surface area contributed by atoms with Gasteiger partial charge in [0.25, 0.3) is 0 Å². The van der Waals surface area contributed by atoms with Crippen molar-refractivity contribution in [3.8, 4) is 0 Å². The fourth-order valence-electron chi connectivity index (χ4n) is 0.753. The predicted octanol–water partition coefficient (Wildman–Crippen LogP) is 1.25. The molecule has 1 rings (SSSR count). The van der Waals surface area contributed by atoms with Gasteiger partial charge in [-0.2, -0.15) is 0 Å². The fourth-order valence-corrected chi connectivity index (χ4v) is 0.753. The Hall–Kier alpha value is -1.52. The Bertz CT molecular complexity index is 311. The highest BCUT2D eigenvalue weighted by atomic mass is 16.6. The molecule has 0 spiro atoms. The topological polar surface area (TPSA) is 70.1 Å². The van der Waals surface area contributed by atoms with Gasteiger partial charge in [-0.1, -0.05) is 0 Å². The van der Waals surface area contributed by atoms with Crippen LogP contribution >= 0.6 is 0 Å². The number of hydrogen-bond donors (Lipinski definition) is 1. The molecule has 0 aliphatic carbocycles. The minimum absolute atomic E-state index is 0.297. The molecule has 2 N–H and O–H groups in total. The van der Waals surface area contributed by atoms with Gasteiger partial charge in [0.05, 0.1) is 6.20 Å². The quantitative estimate of drug-likeness (QED) is 0.657. The van der Waals surface area contributed by atoms with Crippen molar-refractivity contribution in [2.75, 3.05) is 5.73 Å². The summed E-state index contributed by atoms with van der Waals surface area (Å²) in [6.45, 7) is 5.39. The Labute approximate surface area is 76.5 Å². The highest BCUT2D eigenvalue weighted by Crippen LogP contribution is 2.09. The second-order valence-electron chi connectivity index (χ2n) is 3.69. The molecular weight excluding hydrogens is 170 g/mol. The van der Waals surface area contributed by atoms with Gasteiger partial charge in [-0.25, -0.2) is 14.3 Å². The molecule has 0 bridgehead atoms. The van der Waals surface area contributed by atoms with Gasteiger partial charge in [-0.15, -0.1) is 0 Å².